The zero-order valence-corrected chi connectivity index (χ0v) is 19.8. The first-order valence-electron chi connectivity index (χ1n) is 9.89. The first-order chi connectivity index (χ1) is 15.2. The lowest BCUT2D eigenvalue weighted by Gasteiger charge is -2.30. The number of benzene rings is 2. The van der Waals surface area contributed by atoms with Crippen molar-refractivity contribution in [2.45, 2.75) is 26.3 Å². The molecule has 32 heavy (non-hydrogen) atoms. The summed E-state index contributed by atoms with van der Waals surface area (Å²) in [6.07, 6.45) is 0. The number of rotatable bonds is 4. The van der Waals surface area contributed by atoms with Gasteiger partial charge in [0.15, 0.2) is 5.17 Å². The van der Waals surface area contributed by atoms with Gasteiger partial charge in [0.25, 0.3) is 5.91 Å². The van der Waals surface area contributed by atoms with Gasteiger partial charge in [-0.05, 0) is 39.0 Å². The fourth-order valence-corrected chi connectivity index (χ4v) is 4.76. The van der Waals surface area contributed by atoms with Crippen LogP contribution in [0.2, 0.25) is 5.02 Å². The second kappa shape index (κ2) is 8.48. The average Bonchev–Trinajstić information content (AvgIpc) is 3.24. The number of thioether (sulfide) groups is 1. The van der Waals surface area contributed by atoms with Gasteiger partial charge in [-0.15, -0.1) is 0 Å². The number of amides is 1. The number of halogens is 1. The Balaban J connectivity index is 1.83. The molecule has 6 nitrogen and oxygen atoms in total. The van der Waals surface area contributed by atoms with Crippen molar-refractivity contribution in [3.05, 3.63) is 76.4 Å². The summed E-state index contributed by atoms with van der Waals surface area (Å²) in [6, 6.07) is 14.6. The number of aryl methyl sites for hydroxylation is 1. The largest absolute Gasteiger partial charge is 0.497 e. The van der Waals surface area contributed by atoms with Gasteiger partial charge >= 0.3 is 0 Å². The molecule has 0 N–H and O–H groups in total. The van der Waals surface area contributed by atoms with Crippen molar-refractivity contribution in [2.75, 3.05) is 7.11 Å². The molecule has 2 heterocycles. The second-order valence-electron chi connectivity index (χ2n) is 7.76. The number of methoxy groups -OCH3 is 1. The summed E-state index contributed by atoms with van der Waals surface area (Å²) in [6.45, 7) is 9.75. The van der Waals surface area contributed by atoms with Gasteiger partial charge in [0.1, 0.15) is 22.8 Å². The van der Waals surface area contributed by atoms with Gasteiger partial charge in [-0.25, -0.2) is 4.99 Å². The van der Waals surface area contributed by atoms with Crippen LogP contribution in [0.25, 0.3) is 11.3 Å². The van der Waals surface area contributed by atoms with E-state index < -0.39 is 5.54 Å². The van der Waals surface area contributed by atoms with E-state index in [4.69, 9.17) is 25.9 Å². The molecule has 1 aromatic heterocycles. The Labute approximate surface area is 195 Å². The summed E-state index contributed by atoms with van der Waals surface area (Å²) in [5.74, 6) is 0.808. The number of amidine groups is 1. The van der Waals surface area contributed by atoms with Crippen LogP contribution in [0.15, 0.2) is 69.5 Å². The van der Waals surface area contributed by atoms with E-state index in [2.05, 4.69) is 11.7 Å². The van der Waals surface area contributed by atoms with Crippen molar-refractivity contribution < 1.29 is 14.1 Å². The zero-order chi connectivity index (χ0) is 23.0. The molecule has 1 aliphatic heterocycles. The summed E-state index contributed by atoms with van der Waals surface area (Å²) in [5, 5.41) is 5.15. The fraction of sp³-hybridized carbons (Fsp3) is 0.208. The van der Waals surface area contributed by atoms with Crippen LogP contribution in [0.4, 0.5) is 5.69 Å². The predicted molar refractivity (Wildman–Crippen MR) is 129 cm³/mol. The molecule has 0 spiro atoms. The molecule has 0 unspecified atom stereocenters. The maximum atomic E-state index is 13.9. The van der Waals surface area contributed by atoms with Crippen LogP contribution in [-0.2, 0) is 0 Å². The normalized spacial score (nSPS) is 16.6. The Morgan fingerprint density at radius 2 is 2.00 bits per heavy atom. The van der Waals surface area contributed by atoms with Crippen LogP contribution < -0.4 is 4.74 Å². The highest BCUT2D eigenvalue weighted by Crippen LogP contribution is 2.45. The molecule has 0 saturated carbocycles. The van der Waals surface area contributed by atoms with Gasteiger partial charge in [0, 0.05) is 16.5 Å². The van der Waals surface area contributed by atoms with Crippen LogP contribution in [0.3, 0.4) is 0 Å². The van der Waals surface area contributed by atoms with E-state index in [-0.39, 0.29) is 5.91 Å². The van der Waals surface area contributed by atoms with Crippen LogP contribution in [0, 0.1) is 6.92 Å². The first kappa shape index (κ1) is 22.2. The van der Waals surface area contributed by atoms with Gasteiger partial charge in [0.05, 0.1) is 23.4 Å². The highest BCUT2D eigenvalue weighted by Gasteiger charge is 2.46. The molecule has 0 aliphatic carbocycles. The van der Waals surface area contributed by atoms with Crippen molar-refractivity contribution >= 4 is 40.1 Å². The number of carbonyl (C=O) groups is 1. The fourth-order valence-electron chi connectivity index (χ4n) is 3.42. The second-order valence-corrected chi connectivity index (χ2v) is 9.23. The maximum Gasteiger partial charge on any atom is 0.266 e. The molecule has 0 atom stereocenters. The summed E-state index contributed by atoms with van der Waals surface area (Å²) in [5.41, 5.74) is 1.37. The summed E-state index contributed by atoms with van der Waals surface area (Å²) < 4.78 is 10.7. The van der Waals surface area contributed by atoms with Gasteiger partial charge in [-0.2, -0.15) is 0 Å². The van der Waals surface area contributed by atoms with Crippen LogP contribution in [0.1, 0.15) is 30.0 Å². The van der Waals surface area contributed by atoms with E-state index in [0.29, 0.717) is 44.2 Å². The Bertz CT molecular complexity index is 1250. The van der Waals surface area contributed by atoms with Crippen molar-refractivity contribution in [1.29, 1.82) is 0 Å². The standard InChI is InChI=1S/C24H22ClN3O3S/c1-14-20(21(27-31-14)18-11-6-7-12-19(18)25)22(29)28-23(32-15(2)24(28,3)4)26-16-9-8-10-17(13-16)30-5/h6-13H,2H2,1,3-5H3. The molecule has 1 saturated heterocycles. The van der Waals surface area contributed by atoms with E-state index in [1.165, 1.54) is 11.8 Å². The number of ether oxygens (including phenoxy) is 1. The molecule has 1 fully saturated rings. The minimum atomic E-state index is -0.680. The van der Waals surface area contributed by atoms with Crippen LogP contribution >= 0.6 is 23.4 Å². The minimum Gasteiger partial charge on any atom is -0.497 e. The van der Waals surface area contributed by atoms with Crippen LogP contribution in [-0.4, -0.2) is 33.8 Å². The predicted octanol–water partition coefficient (Wildman–Crippen LogP) is 6.48. The summed E-state index contributed by atoms with van der Waals surface area (Å²) >= 11 is 7.76. The van der Waals surface area contributed by atoms with Gasteiger partial charge in [-0.1, -0.05) is 59.4 Å². The molecule has 0 bridgehead atoms. The third-order valence-electron chi connectivity index (χ3n) is 5.33. The Morgan fingerprint density at radius 3 is 2.72 bits per heavy atom. The third kappa shape index (κ3) is 3.82. The van der Waals surface area contributed by atoms with Gasteiger partial charge in [0.2, 0.25) is 0 Å². The highest BCUT2D eigenvalue weighted by molar-refractivity contribution is 8.17. The molecule has 4 rings (SSSR count). The number of aromatic nitrogens is 1. The number of carbonyl (C=O) groups excluding carboxylic acids is 1. The van der Waals surface area contributed by atoms with E-state index >= 15 is 0 Å². The Morgan fingerprint density at radius 1 is 1.25 bits per heavy atom. The average molecular weight is 468 g/mol. The van der Waals surface area contributed by atoms with E-state index in [9.17, 15) is 4.79 Å². The first-order valence-corrected chi connectivity index (χ1v) is 11.1. The van der Waals surface area contributed by atoms with Crippen molar-refractivity contribution in [1.82, 2.24) is 10.1 Å². The lowest BCUT2D eigenvalue weighted by Crippen LogP contribution is -2.46. The van der Waals surface area contributed by atoms with E-state index in [1.807, 2.05) is 56.3 Å². The lowest BCUT2D eigenvalue weighted by atomic mass is 10.00. The van der Waals surface area contributed by atoms with Crippen molar-refractivity contribution in [3.63, 3.8) is 0 Å². The number of aliphatic imine (C=N–C) groups is 1. The quantitative estimate of drug-likeness (QED) is 0.439. The Hall–Kier alpha value is -3.03. The third-order valence-corrected chi connectivity index (χ3v) is 6.87. The summed E-state index contributed by atoms with van der Waals surface area (Å²) in [7, 11) is 1.60. The van der Waals surface area contributed by atoms with Crippen molar-refractivity contribution in [2.24, 2.45) is 4.99 Å². The van der Waals surface area contributed by atoms with Gasteiger partial charge < -0.3 is 9.26 Å². The molecule has 3 aromatic rings. The monoisotopic (exact) mass is 467 g/mol. The minimum absolute atomic E-state index is 0.281. The van der Waals surface area contributed by atoms with E-state index in [1.54, 1.807) is 25.0 Å². The Kier molecular flexibility index (Phi) is 5.88. The molecular weight excluding hydrogens is 446 g/mol. The zero-order valence-electron chi connectivity index (χ0n) is 18.2. The maximum absolute atomic E-state index is 13.9. The molecule has 8 heteroatoms. The van der Waals surface area contributed by atoms with Crippen molar-refractivity contribution in [3.8, 4) is 17.0 Å². The molecular formula is C24H22ClN3O3S. The van der Waals surface area contributed by atoms with E-state index in [0.717, 1.165) is 4.91 Å². The number of hydrogen-bond donors (Lipinski definition) is 0. The topological polar surface area (TPSA) is 67.9 Å². The molecule has 1 amide bonds. The smallest absolute Gasteiger partial charge is 0.266 e. The molecule has 0 radical (unpaired) electrons. The number of hydrogen-bond acceptors (Lipinski definition) is 6. The van der Waals surface area contributed by atoms with Crippen LogP contribution in [0.5, 0.6) is 5.75 Å². The number of nitrogens with zero attached hydrogens (tertiary/aromatic N) is 3. The lowest BCUT2D eigenvalue weighted by molar-refractivity contribution is 0.0780. The molecule has 1 aliphatic rings. The summed E-state index contributed by atoms with van der Waals surface area (Å²) in [4.78, 5) is 21.1. The molecule has 164 valence electrons. The highest BCUT2D eigenvalue weighted by atomic mass is 35.5. The SMILES string of the molecule is C=C1SC(=Nc2cccc(OC)c2)N(C(=O)c2c(-c3ccccc3Cl)noc2C)C1(C)C. The molecule has 2 aromatic carbocycles. The van der Waals surface area contributed by atoms with Gasteiger partial charge in [-0.3, -0.25) is 9.69 Å².